The number of ether oxygens (including phenoxy) is 1. The highest BCUT2D eigenvalue weighted by Gasteiger charge is 2.16. The van der Waals surface area contributed by atoms with Gasteiger partial charge in [-0.2, -0.15) is 0 Å². The molecule has 1 heterocycles. The summed E-state index contributed by atoms with van der Waals surface area (Å²) in [6, 6.07) is 11.4. The van der Waals surface area contributed by atoms with Crippen LogP contribution in [0, 0.1) is 0 Å². The molecule has 2 rings (SSSR count). The fraction of sp³-hybridized carbons (Fsp3) is 0.222. The van der Waals surface area contributed by atoms with E-state index in [2.05, 4.69) is 12.2 Å². The molecule has 0 spiro atoms. The Hall–Kier alpha value is -2.40. The lowest BCUT2D eigenvalue weighted by Crippen LogP contribution is -2.29. The average Bonchev–Trinajstić information content (AvgIpc) is 3.07. The fourth-order valence-corrected chi connectivity index (χ4v) is 2.49. The Morgan fingerprint density at radius 3 is 2.61 bits per heavy atom. The van der Waals surface area contributed by atoms with Crippen molar-refractivity contribution in [1.82, 2.24) is 0 Å². The quantitative estimate of drug-likeness (QED) is 0.646. The van der Waals surface area contributed by atoms with Gasteiger partial charge in [0.2, 0.25) is 0 Å². The van der Waals surface area contributed by atoms with Crippen molar-refractivity contribution in [2.75, 3.05) is 5.32 Å². The lowest BCUT2D eigenvalue weighted by atomic mass is 10.1. The lowest BCUT2D eigenvalue weighted by Gasteiger charge is -2.12. The van der Waals surface area contributed by atoms with Crippen LogP contribution in [-0.4, -0.2) is 18.0 Å². The minimum absolute atomic E-state index is 0.355. The van der Waals surface area contributed by atoms with E-state index in [0.29, 0.717) is 5.69 Å². The van der Waals surface area contributed by atoms with Gasteiger partial charge in [-0.05, 0) is 48.6 Å². The molecule has 0 aliphatic rings. The van der Waals surface area contributed by atoms with E-state index in [0.717, 1.165) is 11.3 Å². The highest BCUT2D eigenvalue weighted by atomic mass is 32.1. The summed E-state index contributed by atoms with van der Waals surface area (Å²) < 4.78 is 5.09. The van der Waals surface area contributed by atoms with E-state index in [1.807, 2.05) is 41.8 Å². The largest absolute Gasteiger partial charge is 0.449 e. The van der Waals surface area contributed by atoms with Gasteiger partial charge in [0.25, 0.3) is 5.91 Å². The second-order valence-electron chi connectivity index (χ2n) is 4.97. The van der Waals surface area contributed by atoms with Crippen LogP contribution in [0.4, 0.5) is 5.69 Å². The van der Waals surface area contributed by atoms with Crippen LogP contribution in [0.1, 0.15) is 24.3 Å². The molecule has 0 saturated heterocycles. The Kier molecular flexibility index (Phi) is 6.11. The lowest BCUT2D eigenvalue weighted by molar-refractivity contribution is -0.148. The van der Waals surface area contributed by atoms with Crippen molar-refractivity contribution in [3.8, 4) is 0 Å². The Bertz CT molecular complexity index is 675. The molecule has 0 saturated carbocycles. The first-order valence-electron chi connectivity index (χ1n) is 7.40. The minimum atomic E-state index is -0.860. The molecule has 1 aromatic carbocycles. The Morgan fingerprint density at radius 2 is 2.00 bits per heavy atom. The first-order chi connectivity index (χ1) is 11.1. The predicted molar refractivity (Wildman–Crippen MR) is 93.4 cm³/mol. The number of rotatable bonds is 6. The molecule has 0 aliphatic heterocycles. The van der Waals surface area contributed by atoms with E-state index in [-0.39, 0.29) is 5.91 Å². The third-order valence-electron chi connectivity index (χ3n) is 3.22. The second kappa shape index (κ2) is 8.29. The summed E-state index contributed by atoms with van der Waals surface area (Å²) >= 11 is 1.52. The zero-order valence-electron chi connectivity index (χ0n) is 13.1. The molecule has 1 aromatic heterocycles. The van der Waals surface area contributed by atoms with E-state index >= 15 is 0 Å². The summed E-state index contributed by atoms with van der Waals surface area (Å²) in [5.41, 5.74) is 1.88. The summed E-state index contributed by atoms with van der Waals surface area (Å²) in [5.74, 6) is -0.894. The molecule has 0 bridgehead atoms. The number of aryl methyl sites for hydroxylation is 1. The van der Waals surface area contributed by atoms with Gasteiger partial charge in [-0.3, -0.25) is 4.79 Å². The highest BCUT2D eigenvalue weighted by Crippen LogP contribution is 2.12. The third-order valence-corrected chi connectivity index (χ3v) is 4.06. The van der Waals surface area contributed by atoms with Crippen LogP contribution in [0.5, 0.6) is 0 Å². The van der Waals surface area contributed by atoms with E-state index in [1.54, 1.807) is 13.0 Å². The number of carbonyl (C=O) groups is 2. The fourth-order valence-electron chi connectivity index (χ4n) is 1.87. The highest BCUT2D eigenvalue weighted by molar-refractivity contribution is 7.10. The molecule has 120 valence electrons. The van der Waals surface area contributed by atoms with Crippen molar-refractivity contribution in [1.29, 1.82) is 0 Å². The normalized spacial score (nSPS) is 12.1. The number of carbonyl (C=O) groups excluding carboxylic acids is 2. The van der Waals surface area contributed by atoms with Crippen LogP contribution in [0.2, 0.25) is 0 Å². The molecule has 23 heavy (non-hydrogen) atoms. The standard InChI is InChI=1S/C18H19NO3S/c1-3-14-6-8-15(9-7-14)19-18(21)13(2)22-17(20)11-10-16-5-4-12-23-16/h4-13H,3H2,1-2H3,(H,19,21)/b11-10+/t13-/m1/s1. The maximum Gasteiger partial charge on any atom is 0.331 e. The van der Waals surface area contributed by atoms with Crippen LogP contribution in [0.25, 0.3) is 6.08 Å². The molecule has 1 N–H and O–H groups in total. The topological polar surface area (TPSA) is 55.4 Å². The van der Waals surface area contributed by atoms with E-state index in [1.165, 1.54) is 23.0 Å². The Balaban J connectivity index is 1.85. The smallest absolute Gasteiger partial charge is 0.331 e. The molecule has 0 fully saturated rings. The van der Waals surface area contributed by atoms with Crippen LogP contribution in [0.3, 0.4) is 0 Å². The molecular weight excluding hydrogens is 310 g/mol. The van der Waals surface area contributed by atoms with Crippen molar-refractivity contribution in [3.05, 3.63) is 58.3 Å². The Labute approximate surface area is 139 Å². The van der Waals surface area contributed by atoms with Crippen LogP contribution >= 0.6 is 11.3 Å². The number of thiophene rings is 1. The monoisotopic (exact) mass is 329 g/mol. The number of hydrogen-bond acceptors (Lipinski definition) is 4. The molecule has 0 aliphatic carbocycles. The van der Waals surface area contributed by atoms with Gasteiger partial charge in [0.15, 0.2) is 6.10 Å². The number of benzene rings is 1. The molecule has 0 radical (unpaired) electrons. The predicted octanol–water partition coefficient (Wildman–Crippen LogP) is 3.89. The van der Waals surface area contributed by atoms with Crippen molar-refractivity contribution < 1.29 is 14.3 Å². The Morgan fingerprint density at radius 1 is 1.26 bits per heavy atom. The first kappa shape index (κ1) is 17.0. The molecule has 5 heteroatoms. The average molecular weight is 329 g/mol. The SMILES string of the molecule is CCc1ccc(NC(=O)[C@@H](C)OC(=O)/C=C/c2cccs2)cc1. The van der Waals surface area contributed by atoms with Crippen molar-refractivity contribution in [2.24, 2.45) is 0 Å². The number of amides is 1. The van der Waals surface area contributed by atoms with Gasteiger partial charge in [-0.15, -0.1) is 11.3 Å². The van der Waals surface area contributed by atoms with Crippen LogP contribution in [-0.2, 0) is 20.7 Å². The van der Waals surface area contributed by atoms with Gasteiger partial charge in [0.1, 0.15) is 0 Å². The first-order valence-corrected chi connectivity index (χ1v) is 8.28. The van der Waals surface area contributed by atoms with Crippen LogP contribution < -0.4 is 5.32 Å². The third kappa shape index (κ3) is 5.38. The van der Waals surface area contributed by atoms with Crippen LogP contribution in [0.15, 0.2) is 47.9 Å². The van der Waals surface area contributed by atoms with Gasteiger partial charge < -0.3 is 10.1 Å². The van der Waals surface area contributed by atoms with Crippen molar-refractivity contribution >= 4 is 35.0 Å². The number of anilines is 1. The summed E-state index contributed by atoms with van der Waals surface area (Å²) in [4.78, 5) is 24.7. The van der Waals surface area contributed by atoms with Gasteiger partial charge in [0, 0.05) is 16.6 Å². The molecule has 4 nitrogen and oxygen atoms in total. The van der Waals surface area contributed by atoms with Gasteiger partial charge in [-0.1, -0.05) is 25.1 Å². The molecule has 1 atom stereocenters. The van der Waals surface area contributed by atoms with Gasteiger partial charge in [0.05, 0.1) is 0 Å². The van der Waals surface area contributed by atoms with E-state index in [4.69, 9.17) is 4.74 Å². The molecule has 2 aromatic rings. The second-order valence-corrected chi connectivity index (χ2v) is 5.95. The van der Waals surface area contributed by atoms with Gasteiger partial charge in [-0.25, -0.2) is 4.79 Å². The number of hydrogen-bond donors (Lipinski definition) is 1. The molecule has 0 unspecified atom stereocenters. The summed E-state index contributed by atoms with van der Waals surface area (Å²) in [7, 11) is 0. The zero-order valence-corrected chi connectivity index (χ0v) is 13.9. The maximum absolute atomic E-state index is 12.0. The van der Waals surface area contributed by atoms with Crippen molar-refractivity contribution in [3.63, 3.8) is 0 Å². The van der Waals surface area contributed by atoms with Gasteiger partial charge >= 0.3 is 5.97 Å². The summed E-state index contributed by atoms with van der Waals surface area (Å²) in [6.07, 6.45) is 3.08. The summed E-state index contributed by atoms with van der Waals surface area (Å²) in [5, 5.41) is 4.65. The number of esters is 1. The minimum Gasteiger partial charge on any atom is -0.449 e. The maximum atomic E-state index is 12.0. The number of nitrogens with one attached hydrogen (secondary N) is 1. The summed E-state index contributed by atoms with van der Waals surface area (Å²) in [6.45, 7) is 3.62. The van der Waals surface area contributed by atoms with E-state index in [9.17, 15) is 9.59 Å². The molecular formula is C18H19NO3S. The molecule has 1 amide bonds. The van der Waals surface area contributed by atoms with E-state index < -0.39 is 12.1 Å². The van der Waals surface area contributed by atoms with Crippen molar-refractivity contribution in [2.45, 2.75) is 26.4 Å². The zero-order chi connectivity index (χ0) is 16.7.